The van der Waals surface area contributed by atoms with Crippen LogP contribution in [-0.2, 0) is 0 Å². The second kappa shape index (κ2) is 1.89. The average Bonchev–Trinajstić information content (AvgIpc) is 2.57. The maximum Gasteiger partial charge on any atom is 0.0659 e. The molecule has 2 heteroatoms. The molecule has 58 valence electrons. The van der Waals surface area contributed by atoms with E-state index in [1.807, 2.05) is 6.20 Å². The van der Waals surface area contributed by atoms with Crippen LogP contribution in [0.3, 0.4) is 0 Å². The van der Waals surface area contributed by atoms with E-state index in [1.54, 1.807) is 0 Å². The molecule has 0 spiro atoms. The van der Waals surface area contributed by atoms with Gasteiger partial charge in [-0.05, 0) is 31.5 Å². The number of hydrogen-bond acceptors (Lipinski definition) is 1. The highest BCUT2D eigenvalue weighted by Crippen LogP contribution is 2.48. The van der Waals surface area contributed by atoms with Crippen molar-refractivity contribution in [2.45, 2.75) is 24.9 Å². The van der Waals surface area contributed by atoms with Gasteiger partial charge in [-0.15, -0.1) is 0 Å². The molecule has 11 heavy (non-hydrogen) atoms. The summed E-state index contributed by atoms with van der Waals surface area (Å²) in [5, 5.41) is 0. The summed E-state index contributed by atoms with van der Waals surface area (Å²) in [7, 11) is 0. The summed E-state index contributed by atoms with van der Waals surface area (Å²) < 4.78 is 0. The van der Waals surface area contributed by atoms with Crippen LogP contribution >= 0.6 is 0 Å². The van der Waals surface area contributed by atoms with Crippen molar-refractivity contribution in [1.29, 1.82) is 0 Å². The van der Waals surface area contributed by atoms with Gasteiger partial charge in [0.05, 0.1) is 6.04 Å². The van der Waals surface area contributed by atoms with Crippen LogP contribution in [0.25, 0.3) is 0 Å². The molecule has 3 atom stereocenters. The van der Waals surface area contributed by atoms with Crippen molar-refractivity contribution >= 4 is 0 Å². The highest BCUT2D eigenvalue weighted by molar-refractivity contribution is 5.22. The highest BCUT2D eigenvalue weighted by Gasteiger charge is 2.51. The lowest BCUT2D eigenvalue weighted by atomic mass is 10.1. The molecule has 3 rings (SSSR count). The van der Waals surface area contributed by atoms with Gasteiger partial charge in [0.15, 0.2) is 0 Å². The van der Waals surface area contributed by atoms with E-state index in [9.17, 15) is 0 Å². The third-order valence-electron chi connectivity index (χ3n) is 2.91. The predicted octanol–water partition coefficient (Wildman–Crippen LogP) is 1.53. The molecule has 0 saturated carbocycles. The van der Waals surface area contributed by atoms with Crippen LogP contribution in [0.1, 0.15) is 24.6 Å². The highest BCUT2D eigenvalue weighted by atomic mass is 15.4. The number of aromatic amines is 1. The summed E-state index contributed by atoms with van der Waals surface area (Å²) in [6.07, 6.45) is 4.83. The monoisotopic (exact) mass is 148 g/mol. The summed E-state index contributed by atoms with van der Waals surface area (Å²) in [6.45, 7) is 1.31. The summed E-state index contributed by atoms with van der Waals surface area (Å²) in [6, 6.07) is 5.92. The van der Waals surface area contributed by atoms with Gasteiger partial charge in [-0.1, -0.05) is 0 Å². The number of nitrogens with one attached hydrogen (secondary N) is 1. The van der Waals surface area contributed by atoms with Crippen LogP contribution in [0.2, 0.25) is 0 Å². The Morgan fingerprint density at radius 3 is 3.18 bits per heavy atom. The Labute approximate surface area is 66.2 Å². The maximum absolute atomic E-state index is 3.29. The van der Waals surface area contributed by atoms with Crippen LogP contribution in [0.5, 0.6) is 0 Å². The first kappa shape index (κ1) is 5.84. The van der Waals surface area contributed by atoms with Crippen molar-refractivity contribution in [3.63, 3.8) is 0 Å². The second-order valence-electron chi connectivity index (χ2n) is 3.52. The Morgan fingerprint density at radius 1 is 1.55 bits per heavy atom. The zero-order valence-corrected chi connectivity index (χ0v) is 6.46. The summed E-state index contributed by atoms with van der Waals surface area (Å²) in [5.41, 5.74) is 1.41. The molecular formula is C9H12N2. The molecule has 0 amide bonds. The van der Waals surface area contributed by atoms with Crippen molar-refractivity contribution in [2.75, 3.05) is 6.54 Å². The molecule has 1 aromatic rings. The van der Waals surface area contributed by atoms with E-state index >= 15 is 0 Å². The van der Waals surface area contributed by atoms with Gasteiger partial charge in [0.1, 0.15) is 0 Å². The summed E-state index contributed by atoms with van der Waals surface area (Å²) in [4.78, 5) is 5.86. The number of nitrogens with zero attached hydrogens (tertiary/aromatic N) is 1. The van der Waals surface area contributed by atoms with Gasteiger partial charge in [-0.2, -0.15) is 0 Å². The van der Waals surface area contributed by atoms with Crippen molar-refractivity contribution in [3.05, 3.63) is 24.0 Å². The normalized spacial score (nSPS) is 40.5. The smallest absolute Gasteiger partial charge is 0.0659 e. The molecule has 1 N–H and O–H groups in total. The van der Waals surface area contributed by atoms with Gasteiger partial charge >= 0.3 is 0 Å². The van der Waals surface area contributed by atoms with Crippen LogP contribution in [0.15, 0.2) is 18.3 Å². The van der Waals surface area contributed by atoms with Crippen molar-refractivity contribution < 1.29 is 0 Å². The van der Waals surface area contributed by atoms with Gasteiger partial charge in [-0.25, -0.2) is 0 Å². The number of aromatic nitrogens is 1. The van der Waals surface area contributed by atoms with E-state index in [1.165, 1.54) is 25.1 Å². The lowest BCUT2D eigenvalue weighted by Gasteiger charge is -1.98. The lowest BCUT2D eigenvalue weighted by Crippen LogP contribution is -1.96. The van der Waals surface area contributed by atoms with Crippen molar-refractivity contribution in [2.24, 2.45) is 0 Å². The molecule has 2 saturated heterocycles. The predicted molar refractivity (Wildman–Crippen MR) is 43.3 cm³/mol. The lowest BCUT2D eigenvalue weighted by molar-refractivity contribution is 0.536. The number of piperidine rings is 1. The van der Waals surface area contributed by atoms with Gasteiger partial charge in [-0.3, -0.25) is 4.90 Å². The molecule has 2 aliphatic heterocycles. The summed E-state index contributed by atoms with van der Waals surface area (Å²) >= 11 is 0. The fraction of sp³-hybridized carbons (Fsp3) is 0.556. The molecule has 0 bridgehead atoms. The Bertz CT molecular complexity index is 243. The molecule has 1 aromatic heterocycles. The zero-order valence-electron chi connectivity index (χ0n) is 6.46. The maximum atomic E-state index is 3.29. The van der Waals surface area contributed by atoms with Gasteiger partial charge in [0.2, 0.25) is 0 Å². The van der Waals surface area contributed by atoms with Crippen molar-refractivity contribution in [1.82, 2.24) is 9.88 Å². The topological polar surface area (TPSA) is 18.8 Å². The molecule has 0 aliphatic carbocycles. The quantitative estimate of drug-likeness (QED) is 0.598. The minimum absolute atomic E-state index is 0.749. The van der Waals surface area contributed by atoms with Crippen molar-refractivity contribution in [3.8, 4) is 0 Å². The van der Waals surface area contributed by atoms with Crippen LogP contribution in [0.4, 0.5) is 0 Å². The van der Waals surface area contributed by atoms with Gasteiger partial charge < -0.3 is 4.98 Å². The zero-order chi connectivity index (χ0) is 7.26. The van der Waals surface area contributed by atoms with Gasteiger partial charge in [0.25, 0.3) is 0 Å². The van der Waals surface area contributed by atoms with Crippen LogP contribution in [-0.4, -0.2) is 22.5 Å². The van der Waals surface area contributed by atoms with E-state index in [-0.39, 0.29) is 0 Å². The molecular weight excluding hydrogens is 136 g/mol. The standard InChI is InChI=1S/C9H12N2/c1-3-7(10-5-1)9-8-4-2-6-11(8)9/h1,3,5,8-10H,2,4,6H2. The molecule has 0 aromatic carbocycles. The molecule has 0 radical (unpaired) electrons. The number of rotatable bonds is 1. The molecule has 3 unspecified atom stereocenters. The minimum Gasteiger partial charge on any atom is -0.364 e. The molecule has 2 fully saturated rings. The number of H-pyrrole nitrogens is 1. The van der Waals surface area contributed by atoms with E-state index in [2.05, 4.69) is 22.0 Å². The Morgan fingerprint density at radius 2 is 2.55 bits per heavy atom. The largest absolute Gasteiger partial charge is 0.364 e. The minimum atomic E-state index is 0.749. The number of fused-ring (bicyclic) bond motifs is 1. The third kappa shape index (κ3) is 0.703. The molecule has 2 aliphatic rings. The van der Waals surface area contributed by atoms with E-state index in [0.29, 0.717) is 0 Å². The second-order valence-corrected chi connectivity index (χ2v) is 3.52. The Kier molecular flexibility index (Phi) is 1.00. The SMILES string of the molecule is c1c[nH]c(C2C3CCCN32)c1. The van der Waals surface area contributed by atoms with E-state index in [0.717, 1.165) is 12.1 Å². The fourth-order valence-electron chi connectivity index (χ4n) is 2.36. The number of hydrogen-bond donors (Lipinski definition) is 1. The average molecular weight is 148 g/mol. The molecule has 2 nitrogen and oxygen atoms in total. The van der Waals surface area contributed by atoms with E-state index < -0.39 is 0 Å². The molecule has 3 heterocycles. The first-order valence-electron chi connectivity index (χ1n) is 4.36. The Balaban J connectivity index is 1.85. The van der Waals surface area contributed by atoms with Gasteiger partial charge in [0, 0.05) is 17.9 Å². The third-order valence-corrected chi connectivity index (χ3v) is 2.91. The Hall–Kier alpha value is -0.760. The fourth-order valence-corrected chi connectivity index (χ4v) is 2.36. The first-order chi connectivity index (χ1) is 5.47. The van der Waals surface area contributed by atoms with Crippen LogP contribution < -0.4 is 0 Å². The first-order valence-corrected chi connectivity index (χ1v) is 4.36. The van der Waals surface area contributed by atoms with E-state index in [4.69, 9.17) is 0 Å². The van der Waals surface area contributed by atoms with Crippen LogP contribution in [0, 0.1) is 0 Å². The summed E-state index contributed by atoms with van der Waals surface area (Å²) in [5.74, 6) is 0.